The first-order valence-corrected chi connectivity index (χ1v) is 39.3. The number of hydrogen-bond acceptors (Lipinski definition) is 5. The molecule has 0 saturated carbocycles. The largest absolute Gasteiger partial charge is 0.462 e. The summed E-state index contributed by atoms with van der Waals surface area (Å²) in [5, 5.41) is 9.72. The highest BCUT2D eigenvalue weighted by Gasteiger charge is 2.16. The number of aliphatic hydroxyl groups excluding tert-OH is 1. The number of aliphatic hydroxyl groups is 1. The van der Waals surface area contributed by atoms with Gasteiger partial charge >= 0.3 is 11.9 Å². The Labute approximate surface area is 582 Å². The molecule has 0 heterocycles. The summed E-state index contributed by atoms with van der Waals surface area (Å²) in [6, 6.07) is 0. The van der Waals surface area contributed by atoms with Crippen molar-refractivity contribution in [2.24, 2.45) is 0 Å². The van der Waals surface area contributed by atoms with Gasteiger partial charge in [-0.3, -0.25) is 9.59 Å². The molecule has 0 saturated heterocycles. The van der Waals surface area contributed by atoms with Gasteiger partial charge < -0.3 is 14.6 Å². The standard InChI is InChI=1S/C89H146O5/c1-3-5-7-9-11-13-15-17-19-21-23-25-27-29-31-33-35-37-39-41-43-44-46-47-49-51-53-55-57-59-61-63-65-67-69-71-73-75-77-79-81-83-88(91)93-86-87(85-90)94-89(92)84-82-80-78-76-74-72-70-68-66-64-62-60-58-56-54-52-50-48-45-42-40-38-36-34-32-30-28-26-24-22-20-18-16-14-12-10-8-6-4-2/h5-8,11-14,17-20,23-26,30,32,36,38,42,45,50,52,56,58,62,64,68,70,87,90H,3-4,9-10,15-16,21-22,27-29,31,33-35,37,39-41,43-44,46-49,51,53-55,57,59-61,63,65-67,69,71-86H2,1-2H3/b7-5-,8-6-,13-11-,14-12-,19-17-,20-18-,25-23-,26-24-,32-30-,38-36-,45-42-,52-50-,58-56-,64-62-,70-68-. The molecule has 532 valence electrons. The molecule has 0 aromatic rings. The van der Waals surface area contributed by atoms with E-state index in [1.54, 1.807) is 0 Å². The van der Waals surface area contributed by atoms with Crippen LogP contribution in [0.15, 0.2) is 182 Å². The zero-order valence-electron chi connectivity index (χ0n) is 61.2. The van der Waals surface area contributed by atoms with E-state index < -0.39 is 6.10 Å². The molecule has 1 unspecified atom stereocenters. The van der Waals surface area contributed by atoms with E-state index in [4.69, 9.17) is 9.47 Å². The molecule has 0 rings (SSSR count). The Kier molecular flexibility index (Phi) is 77.9. The summed E-state index contributed by atoms with van der Waals surface area (Å²) in [6.07, 6.45) is 128. The molecule has 0 fully saturated rings. The van der Waals surface area contributed by atoms with Crippen molar-refractivity contribution in [3.8, 4) is 0 Å². The van der Waals surface area contributed by atoms with Crippen molar-refractivity contribution in [2.45, 2.75) is 354 Å². The van der Waals surface area contributed by atoms with Gasteiger partial charge in [0.1, 0.15) is 6.61 Å². The third-order valence-electron chi connectivity index (χ3n) is 16.7. The van der Waals surface area contributed by atoms with Gasteiger partial charge in [0.2, 0.25) is 0 Å². The highest BCUT2D eigenvalue weighted by molar-refractivity contribution is 5.70. The Morgan fingerprint density at radius 3 is 0.638 bits per heavy atom. The van der Waals surface area contributed by atoms with Crippen molar-refractivity contribution in [3.05, 3.63) is 182 Å². The van der Waals surface area contributed by atoms with Crippen LogP contribution in [0.1, 0.15) is 348 Å². The van der Waals surface area contributed by atoms with Crippen LogP contribution in [0, 0.1) is 0 Å². The first kappa shape index (κ1) is 89.0. The molecule has 0 radical (unpaired) electrons. The fourth-order valence-electron chi connectivity index (χ4n) is 10.9. The molecule has 5 heteroatoms. The molecule has 0 aliphatic carbocycles. The Hall–Kier alpha value is -5.00. The molecule has 0 amide bonds. The maximum Gasteiger partial charge on any atom is 0.306 e. The number of allylic oxidation sites excluding steroid dienone is 30. The van der Waals surface area contributed by atoms with Gasteiger partial charge in [0, 0.05) is 12.8 Å². The lowest BCUT2D eigenvalue weighted by Gasteiger charge is -2.15. The molecule has 1 atom stereocenters. The molecular weight excluding hydrogens is 1150 g/mol. The molecular formula is C89H146O5. The van der Waals surface area contributed by atoms with Crippen LogP contribution < -0.4 is 0 Å². The maximum atomic E-state index is 12.4. The highest BCUT2D eigenvalue weighted by atomic mass is 16.6. The lowest BCUT2D eigenvalue weighted by Crippen LogP contribution is -2.28. The quantitative estimate of drug-likeness (QED) is 0.0373. The van der Waals surface area contributed by atoms with Crippen LogP contribution in [0.2, 0.25) is 0 Å². The summed E-state index contributed by atoms with van der Waals surface area (Å²) in [5.74, 6) is -0.610. The van der Waals surface area contributed by atoms with Gasteiger partial charge in [0.25, 0.3) is 0 Å². The van der Waals surface area contributed by atoms with Crippen molar-refractivity contribution < 1.29 is 24.2 Å². The average molecular weight is 1300 g/mol. The van der Waals surface area contributed by atoms with Gasteiger partial charge in [0.05, 0.1) is 6.61 Å². The highest BCUT2D eigenvalue weighted by Crippen LogP contribution is 2.18. The van der Waals surface area contributed by atoms with Crippen molar-refractivity contribution in [3.63, 3.8) is 0 Å². The number of unbranched alkanes of at least 4 members (excludes halogenated alkanes) is 33. The van der Waals surface area contributed by atoms with E-state index in [0.717, 1.165) is 154 Å². The van der Waals surface area contributed by atoms with Crippen LogP contribution >= 0.6 is 0 Å². The molecule has 0 bridgehead atoms. The van der Waals surface area contributed by atoms with Gasteiger partial charge in [-0.1, -0.05) is 382 Å². The van der Waals surface area contributed by atoms with E-state index in [2.05, 4.69) is 196 Å². The summed E-state index contributed by atoms with van der Waals surface area (Å²) in [7, 11) is 0. The molecule has 5 nitrogen and oxygen atoms in total. The Bertz CT molecular complexity index is 2060. The van der Waals surface area contributed by atoms with Gasteiger partial charge in [0.15, 0.2) is 6.10 Å². The fourth-order valence-corrected chi connectivity index (χ4v) is 10.9. The zero-order valence-corrected chi connectivity index (χ0v) is 61.2. The van der Waals surface area contributed by atoms with Crippen LogP contribution in [0.3, 0.4) is 0 Å². The van der Waals surface area contributed by atoms with Crippen LogP contribution in [0.25, 0.3) is 0 Å². The Morgan fingerprint density at radius 1 is 0.245 bits per heavy atom. The van der Waals surface area contributed by atoms with E-state index in [1.165, 1.54) is 167 Å². The van der Waals surface area contributed by atoms with Crippen LogP contribution in [-0.2, 0) is 19.1 Å². The summed E-state index contributed by atoms with van der Waals surface area (Å²) in [4.78, 5) is 24.7. The third-order valence-corrected chi connectivity index (χ3v) is 16.7. The van der Waals surface area contributed by atoms with Crippen molar-refractivity contribution in [2.75, 3.05) is 13.2 Å². The average Bonchev–Trinajstić information content (AvgIpc) is 3.65. The number of rotatable bonds is 71. The topological polar surface area (TPSA) is 72.8 Å². The van der Waals surface area contributed by atoms with E-state index in [0.29, 0.717) is 12.8 Å². The Morgan fingerprint density at radius 2 is 0.426 bits per heavy atom. The van der Waals surface area contributed by atoms with Crippen LogP contribution in [-0.4, -0.2) is 36.4 Å². The summed E-state index contributed by atoms with van der Waals surface area (Å²) >= 11 is 0. The zero-order chi connectivity index (χ0) is 67.5. The molecule has 0 aromatic carbocycles. The third kappa shape index (κ3) is 79.4. The molecule has 0 aliphatic rings. The number of hydrogen-bond donors (Lipinski definition) is 1. The predicted molar refractivity (Wildman–Crippen MR) is 416 cm³/mol. The number of esters is 2. The maximum absolute atomic E-state index is 12.4. The number of carbonyl (C=O) groups is 2. The van der Waals surface area contributed by atoms with Crippen molar-refractivity contribution in [1.82, 2.24) is 0 Å². The summed E-state index contributed by atoms with van der Waals surface area (Å²) in [6.45, 7) is 3.92. The minimum Gasteiger partial charge on any atom is -0.462 e. The van der Waals surface area contributed by atoms with E-state index >= 15 is 0 Å². The number of ether oxygens (including phenoxy) is 2. The summed E-state index contributed by atoms with van der Waals surface area (Å²) < 4.78 is 10.8. The second-order valence-corrected chi connectivity index (χ2v) is 25.7. The first-order valence-electron chi connectivity index (χ1n) is 39.3. The Balaban J connectivity index is 3.52. The van der Waals surface area contributed by atoms with Gasteiger partial charge in [-0.2, -0.15) is 0 Å². The van der Waals surface area contributed by atoms with E-state index in [9.17, 15) is 14.7 Å². The number of carbonyl (C=O) groups excluding carboxylic acids is 2. The smallest absolute Gasteiger partial charge is 0.306 e. The molecule has 0 aromatic heterocycles. The van der Waals surface area contributed by atoms with Gasteiger partial charge in [-0.05, 0) is 135 Å². The van der Waals surface area contributed by atoms with Gasteiger partial charge in [-0.25, -0.2) is 0 Å². The minimum atomic E-state index is -0.795. The predicted octanol–water partition coefficient (Wildman–Crippen LogP) is 28.1. The van der Waals surface area contributed by atoms with E-state index in [1.807, 2.05) is 0 Å². The SMILES string of the molecule is CC/C=C\C/C=C\C/C=C\C/C=C\C/C=C\C/C=C\C/C=C\C/C=C\C/C=C\C/C=C\C/C=C\CCCCCCCC(=O)OC(CO)COC(=O)CCCCCCCCCCCCCCCCCCCCCCCCCCCCCC/C=C\C/C=C\C/C=C\C/C=C\CC. The molecule has 0 aliphatic heterocycles. The first-order chi connectivity index (χ1) is 46.6. The lowest BCUT2D eigenvalue weighted by molar-refractivity contribution is -0.161. The van der Waals surface area contributed by atoms with Crippen molar-refractivity contribution in [1.29, 1.82) is 0 Å². The molecule has 0 spiro atoms. The molecule has 1 N–H and O–H groups in total. The second-order valence-electron chi connectivity index (χ2n) is 25.7. The van der Waals surface area contributed by atoms with Crippen molar-refractivity contribution >= 4 is 11.9 Å². The second kappa shape index (κ2) is 82.2. The normalized spacial score (nSPS) is 13.3. The lowest BCUT2D eigenvalue weighted by atomic mass is 10.0. The van der Waals surface area contributed by atoms with Gasteiger partial charge in [-0.15, -0.1) is 0 Å². The van der Waals surface area contributed by atoms with Crippen LogP contribution in [0.4, 0.5) is 0 Å². The van der Waals surface area contributed by atoms with E-state index in [-0.39, 0.29) is 25.2 Å². The monoisotopic (exact) mass is 1300 g/mol. The fraction of sp³-hybridized carbons (Fsp3) is 0.640. The molecule has 94 heavy (non-hydrogen) atoms. The minimum absolute atomic E-state index is 0.0803. The summed E-state index contributed by atoms with van der Waals surface area (Å²) in [5.41, 5.74) is 0. The van der Waals surface area contributed by atoms with Crippen LogP contribution in [0.5, 0.6) is 0 Å².